The van der Waals surface area contributed by atoms with Crippen molar-refractivity contribution in [3.8, 4) is 5.75 Å². The van der Waals surface area contributed by atoms with Crippen molar-refractivity contribution >= 4 is 35.8 Å². The number of halogens is 1. The molecule has 0 saturated carbocycles. The van der Waals surface area contributed by atoms with Crippen LogP contribution in [0, 0.1) is 0 Å². The monoisotopic (exact) mass is 561 g/mol. The molecule has 0 radical (unpaired) electrons. The molecule has 33 heavy (non-hydrogen) atoms. The molecule has 0 bridgehead atoms. The quantitative estimate of drug-likeness (QED) is 0.282. The third kappa shape index (κ3) is 6.70. The molecule has 3 heterocycles. The second kappa shape index (κ2) is 12.2. The third-order valence-electron chi connectivity index (χ3n) is 5.27. The van der Waals surface area contributed by atoms with Crippen LogP contribution < -0.4 is 10.1 Å². The Hall–Kier alpha value is -3.08. The fourth-order valence-electron chi connectivity index (χ4n) is 3.58. The van der Waals surface area contributed by atoms with Crippen molar-refractivity contribution in [3.05, 3.63) is 84.1 Å². The first-order chi connectivity index (χ1) is 15.7. The molecule has 1 aliphatic heterocycles. The lowest BCUT2D eigenvalue weighted by molar-refractivity contribution is 0.0657. The average molecular weight is 561 g/mol. The van der Waals surface area contributed by atoms with Crippen LogP contribution in [0.25, 0.3) is 0 Å². The number of piperazine rings is 1. The first-order valence-electron chi connectivity index (χ1n) is 10.6. The normalized spacial score (nSPS) is 13.9. The number of hydrogen-bond acceptors (Lipinski definition) is 5. The number of hydrogen-bond donors (Lipinski definition) is 1. The summed E-state index contributed by atoms with van der Waals surface area (Å²) in [5.74, 6) is 1.93. The molecule has 0 unspecified atom stereocenters. The van der Waals surface area contributed by atoms with Crippen molar-refractivity contribution in [2.24, 2.45) is 4.99 Å². The van der Waals surface area contributed by atoms with Gasteiger partial charge in [0.25, 0.3) is 5.91 Å². The maximum absolute atomic E-state index is 12.4. The number of rotatable bonds is 6. The van der Waals surface area contributed by atoms with E-state index in [1.165, 1.54) is 6.26 Å². The lowest BCUT2D eigenvalue weighted by atomic mass is 10.2. The molecule has 0 atom stereocenters. The number of amides is 1. The number of carbonyl (C=O) groups is 1. The van der Waals surface area contributed by atoms with Crippen LogP contribution in [0.2, 0.25) is 0 Å². The molecule has 174 valence electrons. The SMILES string of the molecule is CN=C(NCc1cccc(OCc2ccccn2)c1)N1CCN(C(=O)c2ccco2)CC1.I. The van der Waals surface area contributed by atoms with Gasteiger partial charge in [-0.15, -0.1) is 24.0 Å². The van der Waals surface area contributed by atoms with E-state index in [-0.39, 0.29) is 29.9 Å². The van der Waals surface area contributed by atoms with E-state index in [2.05, 4.69) is 20.2 Å². The van der Waals surface area contributed by atoms with Gasteiger partial charge < -0.3 is 24.3 Å². The van der Waals surface area contributed by atoms with Gasteiger partial charge in [-0.05, 0) is 42.0 Å². The van der Waals surface area contributed by atoms with Crippen molar-refractivity contribution in [3.63, 3.8) is 0 Å². The summed E-state index contributed by atoms with van der Waals surface area (Å²) < 4.78 is 11.1. The van der Waals surface area contributed by atoms with Crippen LogP contribution in [0.3, 0.4) is 0 Å². The zero-order valence-corrected chi connectivity index (χ0v) is 20.8. The molecular formula is C24H28IN5O3. The van der Waals surface area contributed by atoms with E-state index < -0.39 is 0 Å². The number of guanidine groups is 1. The Labute approximate surface area is 210 Å². The topological polar surface area (TPSA) is 83.2 Å². The minimum Gasteiger partial charge on any atom is -0.487 e. The molecule has 4 rings (SSSR count). The minimum atomic E-state index is -0.0693. The summed E-state index contributed by atoms with van der Waals surface area (Å²) in [6, 6.07) is 17.2. The molecule has 1 saturated heterocycles. The summed E-state index contributed by atoms with van der Waals surface area (Å²) in [5.41, 5.74) is 1.98. The molecule has 0 aliphatic carbocycles. The van der Waals surface area contributed by atoms with Gasteiger partial charge in [0.05, 0.1) is 12.0 Å². The number of furan rings is 1. The molecule has 2 aromatic heterocycles. The molecule has 3 aromatic rings. The van der Waals surface area contributed by atoms with Crippen LogP contribution in [0.5, 0.6) is 5.75 Å². The van der Waals surface area contributed by atoms with Crippen molar-refractivity contribution in [1.29, 1.82) is 0 Å². The van der Waals surface area contributed by atoms with Crippen molar-refractivity contribution in [2.45, 2.75) is 13.2 Å². The third-order valence-corrected chi connectivity index (χ3v) is 5.27. The number of carbonyl (C=O) groups excluding carboxylic acids is 1. The number of nitrogens with zero attached hydrogens (tertiary/aromatic N) is 4. The van der Waals surface area contributed by atoms with Gasteiger partial charge in [-0.25, -0.2) is 0 Å². The van der Waals surface area contributed by atoms with Crippen LogP contribution in [0.15, 0.2) is 76.5 Å². The second-order valence-electron chi connectivity index (χ2n) is 7.41. The summed E-state index contributed by atoms with van der Waals surface area (Å²) in [6.07, 6.45) is 3.28. The van der Waals surface area contributed by atoms with Gasteiger partial charge in [-0.2, -0.15) is 0 Å². The van der Waals surface area contributed by atoms with E-state index in [9.17, 15) is 4.79 Å². The maximum Gasteiger partial charge on any atom is 0.289 e. The number of ether oxygens (including phenoxy) is 1. The molecule has 8 nitrogen and oxygen atoms in total. The predicted molar refractivity (Wildman–Crippen MR) is 137 cm³/mol. The van der Waals surface area contributed by atoms with Crippen molar-refractivity contribution in [2.75, 3.05) is 33.2 Å². The molecule has 0 spiro atoms. The summed E-state index contributed by atoms with van der Waals surface area (Å²) in [5, 5.41) is 3.41. The number of pyridine rings is 1. The Balaban J connectivity index is 0.00000306. The highest BCUT2D eigenvalue weighted by molar-refractivity contribution is 14.0. The summed E-state index contributed by atoms with van der Waals surface area (Å²) in [6.45, 7) is 3.71. The zero-order valence-electron chi connectivity index (χ0n) is 18.5. The van der Waals surface area contributed by atoms with E-state index >= 15 is 0 Å². The smallest absolute Gasteiger partial charge is 0.289 e. The Bertz CT molecular complexity index is 1040. The largest absolute Gasteiger partial charge is 0.487 e. The van der Waals surface area contributed by atoms with Crippen molar-refractivity contribution in [1.82, 2.24) is 20.1 Å². The van der Waals surface area contributed by atoms with Crippen molar-refractivity contribution < 1.29 is 13.9 Å². The second-order valence-corrected chi connectivity index (χ2v) is 7.41. The van der Waals surface area contributed by atoms with Gasteiger partial charge in [-0.3, -0.25) is 14.8 Å². The molecule has 1 aromatic carbocycles. The number of benzene rings is 1. The lowest BCUT2D eigenvalue weighted by Gasteiger charge is -2.36. The molecule has 1 aliphatic rings. The summed E-state index contributed by atoms with van der Waals surface area (Å²) >= 11 is 0. The van der Waals surface area contributed by atoms with Crippen LogP contribution in [0.4, 0.5) is 0 Å². The number of aromatic nitrogens is 1. The van der Waals surface area contributed by atoms with E-state index in [0.717, 1.165) is 23.0 Å². The van der Waals surface area contributed by atoms with Gasteiger partial charge in [0.1, 0.15) is 12.4 Å². The molecule has 9 heteroatoms. The Morgan fingerprint density at radius 2 is 1.91 bits per heavy atom. The van der Waals surface area contributed by atoms with Gasteiger partial charge >= 0.3 is 0 Å². The van der Waals surface area contributed by atoms with E-state index in [4.69, 9.17) is 9.15 Å². The highest BCUT2D eigenvalue weighted by Crippen LogP contribution is 2.15. The molecule has 1 N–H and O–H groups in total. The Morgan fingerprint density at radius 3 is 2.61 bits per heavy atom. The first-order valence-corrected chi connectivity index (χ1v) is 10.6. The van der Waals surface area contributed by atoms with Crippen LogP contribution in [-0.2, 0) is 13.2 Å². The highest BCUT2D eigenvalue weighted by Gasteiger charge is 2.25. The van der Waals surface area contributed by atoms with Crippen LogP contribution >= 0.6 is 24.0 Å². The predicted octanol–water partition coefficient (Wildman–Crippen LogP) is 3.41. The molecule has 1 amide bonds. The number of aliphatic imine (C=N–C) groups is 1. The highest BCUT2D eigenvalue weighted by atomic mass is 127. The fourth-order valence-corrected chi connectivity index (χ4v) is 3.58. The maximum atomic E-state index is 12.4. The average Bonchev–Trinajstić information content (AvgIpc) is 3.39. The van der Waals surface area contributed by atoms with Gasteiger partial charge in [-0.1, -0.05) is 18.2 Å². The Kier molecular flexibility index (Phi) is 9.11. The lowest BCUT2D eigenvalue weighted by Crippen LogP contribution is -2.53. The zero-order chi connectivity index (χ0) is 22.2. The minimum absolute atomic E-state index is 0. The summed E-state index contributed by atoms with van der Waals surface area (Å²) in [7, 11) is 1.77. The van der Waals surface area contributed by atoms with E-state index in [1.807, 2.05) is 47.4 Å². The first kappa shape index (κ1) is 24.6. The van der Waals surface area contributed by atoms with Gasteiger partial charge in [0.15, 0.2) is 11.7 Å². The van der Waals surface area contributed by atoms with Gasteiger partial charge in [0.2, 0.25) is 0 Å². The molecule has 1 fully saturated rings. The van der Waals surface area contributed by atoms with Gasteiger partial charge in [0, 0.05) is 46.0 Å². The van der Waals surface area contributed by atoms with E-state index in [0.29, 0.717) is 45.1 Å². The standard InChI is InChI=1S/C24H27N5O3.HI/c1-25-24(29-13-11-28(12-14-29)23(30)22-9-5-15-31-22)27-17-19-6-4-8-21(16-19)32-18-20-7-2-3-10-26-20;/h2-10,15-16H,11-14,17-18H2,1H3,(H,25,27);1H. The Morgan fingerprint density at radius 1 is 1.09 bits per heavy atom. The van der Waals surface area contributed by atoms with Crippen LogP contribution in [-0.4, -0.2) is 59.9 Å². The number of nitrogens with one attached hydrogen (secondary N) is 1. The molecular weight excluding hydrogens is 533 g/mol. The van der Waals surface area contributed by atoms with E-state index in [1.54, 1.807) is 25.4 Å². The van der Waals surface area contributed by atoms with Crippen LogP contribution in [0.1, 0.15) is 21.8 Å². The fraction of sp³-hybridized carbons (Fsp3) is 0.292. The summed E-state index contributed by atoms with van der Waals surface area (Å²) in [4.78, 5) is 25.1.